The number of thiophene rings is 1. The highest BCUT2D eigenvalue weighted by molar-refractivity contribution is 7.16. The van der Waals surface area contributed by atoms with Gasteiger partial charge < -0.3 is 14.6 Å². The number of amides is 1. The molecular weight excluding hydrogens is 418 g/mol. The Balaban J connectivity index is 1.75. The molecule has 1 aliphatic heterocycles. The lowest BCUT2D eigenvalue weighted by atomic mass is 9.97. The van der Waals surface area contributed by atoms with Gasteiger partial charge in [-0.2, -0.15) is 0 Å². The van der Waals surface area contributed by atoms with Gasteiger partial charge in [-0.3, -0.25) is 9.69 Å². The molecule has 1 saturated heterocycles. The van der Waals surface area contributed by atoms with Crippen LogP contribution in [-0.4, -0.2) is 48.9 Å². The Kier molecular flexibility index (Phi) is 6.58. The van der Waals surface area contributed by atoms with Crippen LogP contribution in [0, 0.1) is 0 Å². The lowest BCUT2D eigenvalue weighted by Crippen LogP contribution is -2.46. The number of nitrogens with one attached hydrogen (secondary N) is 1. The average Bonchev–Trinajstić information content (AvgIpc) is 3.42. The number of carbonyl (C=O) groups is 1. The number of nitrogens with zero attached hydrogens (tertiary/aromatic N) is 2. The predicted molar refractivity (Wildman–Crippen MR) is 123 cm³/mol. The van der Waals surface area contributed by atoms with Gasteiger partial charge in [0.1, 0.15) is 5.00 Å². The number of aryl methyl sites for hydroxylation is 1. The minimum Gasteiger partial charge on any atom is -0.459 e. The van der Waals surface area contributed by atoms with E-state index in [0.717, 1.165) is 53.8 Å². The molecule has 4 rings (SSSR count). The Morgan fingerprint density at radius 2 is 1.93 bits per heavy atom. The van der Waals surface area contributed by atoms with E-state index < -0.39 is 0 Å². The van der Waals surface area contributed by atoms with E-state index in [1.54, 1.807) is 23.5 Å². The fourth-order valence-corrected chi connectivity index (χ4v) is 5.11. The number of anilines is 1. The molecule has 0 radical (unpaired) electrons. The Morgan fingerprint density at radius 1 is 1.17 bits per heavy atom. The van der Waals surface area contributed by atoms with E-state index >= 15 is 0 Å². The molecule has 0 saturated carbocycles. The van der Waals surface area contributed by atoms with Gasteiger partial charge in [0, 0.05) is 41.6 Å². The molecule has 0 unspecified atom stereocenters. The summed E-state index contributed by atoms with van der Waals surface area (Å²) >= 11 is 8.29. The second-order valence-corrected chi connectivity index (χ2v) is 9.09. The number of furan rings is 1. The number of halogens is 1. The van der Waals surface area contributed by atoms with Crippen LogP contribution in [-0.2, 0) is 6.42 Å². The highest BCUT2D eigenvalue weighted by atomic mass is 35.5. The van der Waals surface area contributed by atoms with Crippen molar-refractivity contribution in [1.82, 2.24) is 9.80 Å². The van der Waals surface area contributed by atoms with Crippen molar-refractivity contribution in [2.24, 2.45) is 0 Å². The van der Waals surface area contributed by atoms with Crippen molar-refractivity contribution in [3.05, 3.63) is 75.5 Å². The average molecular weight is 444 g/mol. The van der Waals surface area contributed by atoms with Crippen molar-refractivity contribution in [2.75, 3.05) is 38.5 Å². The van der Waals surface area contributed by atoms with E-state index in [9.17, 15) is 4.79 Å². The van der Waals surface area contributed by atoms with Crippen molar-refractivity contribution >= 4 is 33.8 Å². The molecule has 7 heteroatoms. The van der Waals surface area contributed by atoms with Gasteiger partial charge in [0.05, 0.1) is 12.3 Å². The Labute approximate surface area is 186 Å². The van der Waals surface area contributed by atoms with Crippen molar-refractivity contribution in [1.29, 1.82) is 0 Å². The maximum absolute atomic E-state index is 12.7. The van der Waals surface area contributed by atoms with E-state index in [2.05, 4.69) is 41.2 Å². The molecule has 158 valence electrons. The second kappa shape index (κ2) is 9.35. The maximum atomic E-state index is 12.7. The third-order valence-electron chi connectivity index (χ3n) is 5.53. The minimum atomic E-state index is -0.234. The van der Waals surface area contributed by atoms with Gasteiger partial charge in [-0.15, -0.1) is 11.3 Å². The van der Waals surface area contributed by atoms with E-state index in [4.69, 9.17) is 16.0 Å². The van der Waals surface area contributed by atoms with Crippen LogP contribution in [0.4, 0.5) is 5.00 Å². The fourth-order valence-electron chi connectivity index (χ4n) is 3.84. The lowest BCUT2D eigenvalue weighted by Gasteiger charge is -2.38. The quantitative estimate of drug-likeness (QED) is 0.572. The van der Waals surface area contributed by atoms with Gasteiger partial charge in [-0.05, 0) is 43.3 Å². The zero-order valence-electron chi connectivity index (χ0n) is 17.2. The first-order chi connectivity index (χ1) is 14.6. The summed E-state index contributed by atoms with van der Waals surface area (Å²) in [5, 5.41) is 4.69. The molecule has 1 aromatic carbocycles. The first-order valence-electron chi connectivity index (χ1n) is 10.2. The number of benzene rings is 1. The van der Waals surface area contributed by atoms with Gasteiger partial charge in [0.15, 0.2) is 5.76 Å². The first-order valence-corrected chi connectivity index (χ1v) is 11.4. The van der Waals surface area contributed by atoms with Gasteiger partial charge in [0.2, 0.25) is 0 Å². The first kappa shape index (κ1) is 21.1. The minimum absolute atomic E-state index is 0.0177. The van der Waals surface area contributed by atoms with Gasteiger partial charge in [-0.1, -0.05) is 36.7 Å². The van der Waals surface area contributed by atoms with Crippen LogP contribution in [0.25, 0.3) is 0 Å². The van der Waals surface area contributed by atoms with Crippen LogP contribution in [0.3, 0.4) is 0 Å². The molecule has 5 nitrogen and oxygen atoms in total. The maximum Gasteiger partial charge on any atom is 0.291 e. The molecule has 1 amide bonds. The smallest absolute Gasteiger partial charge is 0.291 e. The zero-order valence-corrected chi connectivity index (χ0v) is 18.8. The summed E-state index contributed by atoms with van der Waals surface area (Å²) in [6.07, 6.45) is 2.42. The monoisotopic (exact) mass is 443 g/mol. The largest absolute Gasteiger partial charge is 0.459 e. The Hall–Kier alpha value is -2.12. The van der Waals surface area contributed by atoms with Crippen molar-refractivity contribution in [3.63, 3.8) is 0 Å². The molecule has 1 atom stereocenters. The summed E-state index contributed by atoms with van der Waals surface area (Å²) in [5.74, 6) is 0.0725. The molecule has 1 aliphatic rings. The van der Waals surface area contributed by atoms with Crippen LogP contribution in [0.5, 0.6) is 0 Å². The van der Waals surface area contributed by atoms with E-state index in [1.165, 1.54) is 11.1 Å². The lowest BCUT2D eigenvalue weighted by molar-refractivity contribution is 0.0996. The number of likely N-dealkylation sites (N-methyl/N-ethyl adjacent to an activating group) is 1. The van der Waals surface area contributed by atoms with Crippen LogP contribution in [0.15, 0.2) is 53.1 Å². The molecule has 30 heavy (non-hydrogen) atoms. The molecule has 1 fully saturated rings. The van der Waals surface area contributed by atoms with Crippen LogP contribution < -0.4 is 5.32 Å². The summed E-state index contributed by atoms with van der Waals surface area (Å²) in [4.78, 5) is 18.8. The molecule has 1 N–H and O–H groups in total. The molecule has 2 aromatic heterocycles. The zero-order chi connectivity index (χ0) is 21.1. The van der Waals surface area contributed by atoms with E-state index in [1.807, 2.05) is 18.2 Å². The second-order valence-electron chi connectivity index (χ2n) is 7.55. The van der Waals surface area contributed by atoms with Gasteiger partial charge in [-0.25, -0.2) is 0 Å². The SMILES string of the molecule is CCc1cc([C@@H](c2ccccc2Cl)N2CCN(C)CC2)c(NC(=O)c2ccco2)s1. The molecule has 0 aliphatic carbocycles. The summed E-state index contributed by atoms with van der Waals surface area (Å²) < 4.78 is 5.29. The number of piperazine rings is 1. The standard InChI is InChI=1S/C23H26ClN3O2S/c1-3-16-15-18(23(30-16)25-22(28)20-9-6-14-29-20)21(17-7-4-5-8-19(17)24)27-12-10-26(2)11-13-27/h4-9,14-15,21H,3,10-13H2,1-2H3,(H,25,28)/t21-/m1/s1. The molecule has 3 heterocycles. The summed E-state index contributed by atoms with van der Waals surface area (Å²) in [7, 11) is 2.15. The number of hydrogen-bond acceptors (Lipinski definition) is 5. The molecule has 0 spiro atoms. The van der Waals surface area contributed by atoms with Crippen molar-refractivity contribution < 1.29 is 9.21 Å². The van der Waals surface area contributed by atoms with Crippen LogP contribution in [0.2, 0.25) is 5.02 Å². The summed E-state index contributed by atoms with van der Waals surface area (Å²) in [5.41, 5.74) is 2.16. The summed E-state index contributed by atoms with van der Waals surface area (Å²) in [6.45, 7) is 6.01. The van der Waals surface area contributed by atoms with Crippen LogP contribution in [0.1, 0.15) is 39.5 Å². The molecule has 0 bridgehead atoms. The van der Waals surface area contributed by atoms with Gasteiger partial charge in [0.25, 0.3) is 5.91 Å². The Morgan fingerprint density at radius 3 is 2.60 bits per heavy atom. The third kappa shape index (κ3) is 4.47. The Bertz CT molecular complexity index is 994. The topological polar surface area (TPSA) is 48.7 Å². The van der Waals surface area contributed by atoms with Crippen molar-refractivity contribution in [2.45, 2.75) is 19.4 Å². The molecule has 3 aromatic rings. The predicted octanol–water partition coefficient (Wildman–Crippen LogP) is 5.15. The number of rotatable bonds is 6. The fraction of sp³-hybridized carbons (Fsp3) is 0.348. The highest BCUT2D eigenvalue weighted by Crippen LogP contribution is 2.41. The normalized spacial score (nSPS) is 16.5. The summed E-state index contributed by atoms with van der Waals surface area (Å²) in [6, 6.07) is 13.6. The van der Waals surface area contributed by atoms with E-state index in [0.29, 0.717) is 5.76 Å². The van der Waals surface area contributed by atoms with E-state index in [-0.39, 0.29) is 11.9 Å². The van der Waals surface area contributed by atoms with Crippen molar-refractivity contribution in [3.8, 4) is 0 Å². The van der Waals surface area contributed by atoms with Gasteiger partial charge >= 0.3 is 0 Å². The van der Waals surface area contributed by atoms with Crippen LogP contribution >= 0.6 is 22.9 Å². The third-order valence-corrected chi connectivity index (χ3v) is 7.08. The number of carbonyl (C=O) groups excluding carboxylic acids is 1. The molecular formula is C23H26ClN3O2S. The number of hydrogen-bond donors (Lipinski definition) is 1. The highest BCUT2D eigenvalue weighted by Gasteiger charge is 2.30.